The van der Waals surface area contributed by atoms with Crippen molar-refractivity contribution in [3.8, 4) is 0 Å². The fourth-order valence-corrected chi connectivity index (χ4v) is 2.84. The minimum Gasteiger partial charge on any atom is -0.463 e. The van der Waals surface area contributed by atoms with Crippen molar-refractivity contribution in [2.75, 3.05) is 19.8 Å². The van der Waals surface area contributed by atoms with Gasteiger partial charge in [0.2, 0.25) is 0 Å². The number of carbonyl (C=O) groups excluding carboxylic acids is 1. The molecule has 0 unspecified atom stereocenters. The van der Waals surface area contributed by atoms with E-state index >= 15 is 0 Å². The molecule has 0 aliphatic rings. The number of unbranched alkanes of at least 4 members (excludes halogenated alkanes) is 1. The lowest BCUT2D eigenvalue weighted by Crippen LogP contribution is -2.05. The van der Waals surface area contributed by atoms with E-state index < -0.39 is 13.8 Å². The topological polar surface area (TPSA) is 71.1 Å². The third-order valence-corrected chi connectivity index (χ3v) is 4.04. The van der Waals surface area contributed by atoms with Gasteiger partial charge in [0.25, 0.3) is 0 Å². The molecular weight excluding hydrogens is 319 g/mol. The summed E-state index contributed by atoms with van der Waals surface area (Å²) in [5, 5.41) is 0. The van der Waals surface area contributed by atoms with Crippen molar-refractivity contribution in [2.24, 2.45) is 0 Å². The molecule has 0 heterocycles. The van der Waals surface area contributed by atoms with E-state index in [1.165, 1.54) is 6.08 Å². The number of rotatable bonds is 13. The first-order valence-electron chi connectivity index (χ1n) is 7.74. The zero-order valence-corrected chi connectivity index (χ0v) is 15.1. The number of hydrogen-bond donors (Lipinski definition) is 0. The van der Waals surface area contributed by atoms with Crippen molar-refractivity contribution in [2.45, 2.75) is 40.0 Å². The molecule has 23 heavy (non-hydrogen) atoms. The molecule has 132 valence electrons. The third-order valence-electron chi connectivity index (χ3n) is 2.44. The molecule has 0 bridgehead atoms. The standard InChI is InChI=1S/C16H27O6P/c1-5-9-10-11-12-13-15(14-16(17)19-6-2)22-23(18,20-7-3)21-8-4/h5,9-10,14H,1,6-8,11-13H2,2-4H3/b10-9+,15-14-. The van der Waals surface area contributed by atoms with Gasteiger partial charge in [-0.05, 0) is 33.6 Å². The molecule has 0 spiro atoms. The van der Waals surface area contributed by atoms with Crippen LogP contribution in [0.4, 0.5) is 0 Å². The normalized spacial score (nSPS) is 12.4. The number of carbonyl (C=O) groups is 1. The minimum absolute atomic E-state index is 0.173. The van der Waals surface area contributed by atoms with Crippen LogP contribution in [0.3, 0.4) is 0 Å². The van der Waals surface area contributed by atoms with E-state index in [0.29, 0.717) is 12.8 Å². The number of phosphoric acid groups is 1. The predicted octanol–water partition coefficient (Wildman–Crippen LogP) is 4.54. The number of esters is 1. The van der Waals surface area contributed by atoms with Gasteiger partial charge < -0.3 is 9.26 Å². The van der Waals surface area contributed by atoms with Crippen LogP contribution in [0.15, 0.2) is 36.6 Å². The highest BCUT2D eigenvalue weighted by Crippen LogP contribution is 2.51. The van der Waals surface area contributed by atoms with Crippen molar-refractivity contribution in [3.63, 3.8) is 0 Å². The van der Waals surface area contributed by atoms with Gasteiger partial charge in [-0.3, -0.25) is 9.05 Å². The maximum Gasteiger partial charge on any atom is 0.529 e. The molecule has 0 fully saturated rings. The van der Waals surface area contributed by atoms with Crippen molar-refractivity contribution in [1.82, 2.24) is 0 Å². The van der Waals surface area contributed by atoms with Gasteiger partial charge >= 0.3 is 13.8 Å². The molecule has 7 heteroatoms. The van der Waals surface area contributed by atoms with E-state index in [4.69, 9.17) is 18.3 Å². The van der Waals surface area contributed by atoms with Crippen molar-refractivity contribution in [3.05, 3.63) is 36.6 Å². The first-order valence-corrected chi connectivity index (χ1v) is 9.20. The molecule has 6 nitrogen and oxygen atoms in total. The summed E-state index contributed by atoms with van der Waals surface area (Å²) in [7, 11) is -3.72. The molecule has 0 saturated heterocycles. The Morgan fingerprint density at radius 2 is 1.78 bits per heavy atom. The van der Waals surface area contributed by atoms with E-state index in [1.807, 2.05) is 12.2 Å². The van der Waals surface area contributed by atoms with Crippen molar-refractivity contribution in [1.29, 1.82) is 0 Å². The van der Waals surface area contributed by atoms with Crippen LogP contribution in [0, 0.1) is 0 Å². The summed E-state index contributed by atoms with van der Waals surface area (Å²) < 4.78 is 32.8. The fraction of sp³-hybridized carbons (Fsp3) is 0.562. The summed E-state index contributed by atoms with van der Waals surface area (Å²) in [5.41, 5.74) is 0. The van der Waals surface area contributed by atoms with Gasteiger partial charge in [0.1, 0.15) is 5.76 Å². The van der Waals surface area contributed by atoms with Crippen LogP contribution < -0.4 is 0 Å². The van der Waals surface area contributed by atoms with E-state index in [0.717, 1.165) is 6.42 Å². The largest absolute Gasteiger partial charge is 0.529 e. The number of ether oxygens (including phenoxy) is 1. The van der Waals surface area contributed by atoms with Gasteiger partial charge in [0.15, 0.2) is 0 Å². The Hall–Kier alpha value is -1.36. The second-order valence-electron chi connectivity index (χ2n) is 4.29. The fourth-order valence-electron chi connectivity index (χ4n) is 1.60. The van der Waals surface area contributed by atoms with Crippen LogP contribution in [0.5, 0.6) is 0 Å². The summed E-state index contributed by atoms with van der Waals surface area (Å²) in [4.78, 5) is 11.6. The highest BCUT2D eigenvalue weighted by molar-refractivity contribution is 7.48. The average Bonchev–Trinajstić information content (AvgIpc) is 2.47. The molecule has 0 amide bonds. The lowest BCUT2D eigenvalue weighted by atomic mass is 10.2. The summed E-state index contributed by atoms with van der Waals surface area (Å²) in [5.74, 6) is -0.329. The number of hydrogen-bond acceptors (Lipinski definition) is 6. The Kier molecular flexibility index (Phi) is 12.3. The Morgan fingerprint density at radius 3 is 2.30 bits per heavy atom. The summed E-state index contributed by atoms with van der Waals surface area (Å²) in [6.45, 7) is 9.26. The third kappa shape index (κ3) is 10.9. The molecule has 0 aliphatic carbocycles. The van der Waals surface area contributed by atoms with Crippen LogP contribution in [-0.4, -0.2) is 25.8 Å². The van der Waals surface area contributed by atoms with Crippen LogP contribution in [-0.2, 0) is 27.7 Å². The summed E-state index contributed by atoms with van der Waals surface area (Å²) >= 11 is 0. The summed E-state index contributed by atoms with van der Waals surface area (Å²) in [6.07, 6.45) is 8.53. The van der Waals surface area contributed by atoms with E-state index in [9.17, 15) is 9.36 Å². The molecule has 0 aromatic heterocycles. The van der Waals surface area contributed by atoms with Crippen molar-refractivity contribution >= 4 is 13.8 Å². The molecule has 0 aromatic carbocycles. The Morgan fingerprint density at radius 1 is 1.13 bits per heavy atom. The van der Waals surface area contributed by atoms with Crippen molar-refractivity contribution < 1.29 is 27.7 Å². The zero-order chi connectivity index (χ0) is 17.6. The Bertz CT molecular complexity index is 445. The summed E-state index contributed by atoms with van der Waals surface area (Å²) in [6, 6.07) is 0. The number of allylic oxidation sites excluding steroid dienone is 4. The second-order valence-corrected chi connectivity index (χ2v) is 5.89. The quantitative estimate of drug-likeness (QED) is 0.122. The maximum absolute atomic E-state index is 12.4. The Balaban J connectivity index is 4.94. The van der Waals surface area contributed by atoms with Gasteiger partial charge in [-0.2, -0.15) is 0 Å². The number of phosphoric ester groups is 1. The van der Waals surface area contributed by atoms with Crippen LogP contribution in [0.25, 0.3) is 0 Å². The molecule has 0 saturated carbocycles. The SMILES string of the molecule is C=C/C=C/CCC/C(=C/C(=O)OCC)OP(=O)(OCC)OCC. The monoisotopic (exact) mass is 346 g/mol. The predicted molar refractivity (Wildman–Crippen MR) is 89.8 cm³/mol. The first kappa shape index (κ1) is 21.6. The van der Waals surface area contributed by atoms with E-state index in [1.54, 1.807) is 26.8 Å². The smallest absolute Gasteiger partial charge is 0.463 e. The maximum atomic E-state index is 12.4. The lowest BCUT2D eigenvalue weighted by Gasteiger charge is -2.19. The lowest BCUT2D eigenvalue weighted by molar-refractivity contribution is -0.137. The first-order chi connectivity index (χ1) is 11.0. The molecular formula is C16H27O6P. The van der Waals surface area contributed by atoms with Crippen LogP contribution in [0.2, 0.25) is 0 Å². The Labute approximate surface area is 138 Å². The van der Waals surface area contributed by atoms with Gasteiger partial charge in [-0.25, -0.2) is 9.36 Å². The average molecular weight is 346 g/mol. The van der Waals surface area contributed by atoms with Crippen LogP contribution >= 0.6 is 7.82 Å². The zero-order valence-electron chi connectivity index (χ0n) is 14.2. The van der Waals surface area contributed by atoms with Gasteiger partial charge in [-0.15, -0.1) is 0 Å². The molecule has 0 aliphatic heterocycles. The van der Waals surface area contributed by atoms with E-state index in [2.05, 4.69) is 6.58 Å². The molecule has 0 rings (SSSR count). The highest BCUT2D eigenvalue weighted by atomic mass is 31.2. The molecule has 0 aromatic rings. The molecule has 0 N–H and O–H groups in total. The van der Waals surface area contributed by atoms with E-state index in [-0.39, 0.29) is 25.6 Å². The van der Waals surface area contributed by atoms with Crippen LogP contribution in [0.1, 0.15) is 40.0 Å². The second kappa shape index (κ2) is 13.1. The van der Waals surface area contributed by atoms with Gasteiger partial charge in [0.05, 0.1) is 25.9 Å². The highest BCUT2D eigenvalue weighted by Gasteiger charge is 2.28. The van der Waals surface area contributed by atoms with Gasteiger partial charge in [-0.1, -0.05) is 24.8 Å². The molecule has 0 radical (unpaired) electrons. The minimum atomic E-state index is -3.72. The molecule has 0 atom stereocenters. The van der Waals surface area contributed by atoms with Gasteiger partial charge in [0, 0.05) is 6.42 Å².